The Labute approximate surface area is 135 Å². The van der Waals surface area contributed by atoms with Crippen molar-refractivity contribution in [3.8, 4) is 0 Å². The van der Waals surface area contributed by atoms with Gasteiger partial charge in [0.1, 0.15) is 0 Å². The number of alkyl halides is 3. The van der Waals surface area contributed by atoms with E-state index in [9.17, 15) is 18.0 Å². The summed E-state index contributed by atoms with van der Waals surface area (Å²) in [5, 5.41) is 0. The summed E-state index contributed by atoms with van der Waals surface area (Å²) < 4.78 is 43.5. The number of ether oxygens (including phenoxy) is 1. The van der Waals surface area contributed by atoms with Gasteiger partial charge in [0, 0.05) is 17.7 Å². The number of pyridine rings is 1. The van der Waals surface area contributed by atoms with Crippen LogP contribution in [0.2, 0.25) is 0 Å². The van der Waals surface area contributed by atoms with Crippen LogP contribution in [0.1, 0.15) is 27.2 Å². The van der Waals surface area contributed by atoms with Crippen LogP contribution in [0.4, 0.5) is 13.2 Å². The van der Waals surface area contributed by atoms with Crippen molar-refractivity contribution in [1.29, 1.82) is 0 Å². The number of nitrogens with zero attached hydrogens (tertiary/aromatic N) is 1. The van der Waals surface area contributed by atoms with E-state index >= 15 is 0 Å². The molecule has 0 aliphatic carbocycles. The number of carbonyl (C=O) groups is 1. The molecule has 0 unspecified atom stereocenters. The Morgan fingerprint density at radius 2 is 1.91 bits per heavy atom. The van der Waals surface area contributed by atoms with E-state index in [1.165, 1.54) is 37.2 Å². The van der Waals surface area contributed by atoms with E-state index in [1.807, 2.05) is 0 Å². The second-order valence-corrected chi connectivity index (χ2v) is 5.62. The van der Waals surface area contributed by atoms with E-state index in [2.05, 4.69) is 9.72 Å². The molecule has 0 saturated heterocycles. The second-order valence-electron chi connectivity index (χ2n) is 4.64. The molecule has 0 N–H and O–H groups in total. The molecule has 0 fully saturated rings. The van der Waals surface area contributed by atoms with Crippen molar-refractivity contribution in [3.63, 3.8) is 0 Å². The number of aromatic nitrogens is 1. The summed E-state index contributed by atoms with van der Waals surface area (Å²) in [5.74, 6) is -0.0194. The van der Waals surface area contributed by atoms with Gasteiger partial charge in [0.25, 0.3) is 0 Å². The van der Waals surface area contributed by atoms with Gasteiger partial charge in [-0.25, -0.2) is 4.79 Å². The molecule has 0 bridgehead atoms. The minimum absolute atomic E-state index is 0.173. The topological polar surface area (TPSA) is 39.2 Å². The highest BCUT2D eigenvalue weighted by Gasteiger charge is 2.32. The van der Waals surface area contributed by atoms with Crippen LogP contribution in [0, 0.1) is 0 Å². The zero-order valence-electron chi connectivity index (χ0n) is 12.3. The summed E-state index contributed by atoms with van der Waals surface area (Å²) >= 11 is 1.26. The van der Waals surface area contributed by atoms with Gasteiger partial charge in [0.05, 0.1) is 23.9 Å². The maximum absolute atomic E-state index is 12.9. The molecule has 0 aliphatic rings. The van der Waals surface area contributed by atoms with Crippen molar-refractivity contribution in [2.45, 2.75) is 17.7 Å². The van der Waals surface area contributed by atoms with Crippen molar-refractivity contribution >= 4 is 17.7 Å². The third-order valence-electron chi connectivity index (χ3n) is 3.11. The van der Waals surface area contributed by atoms with Gasteiger partial charge in [-0.3, -0.25) is 4.98 Å². The first-order chi connectivity index (χ1) is 10.9. The van der Waals surface area contributed by atoms with Crippen LogP contribution < -0.4 is 0 Å². The van der Waals surface area contributed by atoms with Crippen LogP contribution >= 0.6 is 11.8 Å². The van der Waals surface area contributed by atoms with Gasteiger partial charge in [-0.1, -0.05) is 18.2 Å². The fourth-order valence-electron chi connectivity index (χ4n) is 2.03. The van der Waals surface area contributed by atoms with Crippen molar-refractivity contribution in [2.24, 2.45) is 0 Å². The third-order valence-corrected chi connectivity index (χ3v) is 4.11. The molecule has 1 aromatic carbocycles. The molecule has 0 aliphatic heterocycles. The maximum atomic E-state index is 12.9. The van der Waals surface area contributed by atoms with E-state index in [1.54, 1.807) is 18.2 Å². The number of hydrogen-bond acceptors (Lipinski definition) is 4. The Kier molecular flexibility index (Phi) is 5.65. The number of hydrogen-bond donors (Lipinski definition) is 0. The average Bonchev–Trinajstić information content (AvgIpc) is 2.54. The quantitative estimate of drug-likeness (QED) is 0.759. The first kappa shape index (κ1) is 17.3. The van der Waals surface area contributed by atoms with Gasteiger partial charge in [-0.2, -0.15) is 24.9 Å². The highest BCUT2D eigenvalue weighted by molar-refractivity contribution is 7.97. The summed E-state index contributed by atoms with van der Waals surface area (Å²) in [4.78, 5) is 15.7. The molecule has 122 valence electrons. The normalized spacial score (nSPS) is 11.3. The summed E-state index contributed by atoms with van der Waals surface area (Å²) in [5.41, 5.74) is 0.391. The summed E-state index contributed by atoms with van der Waals surface area (Å²) in [6.45, 7) is 0. The minimum atomic E-state index is -4.38. The highest BCUT2D eigenvalue weighted by atomic mass is 32.2. The van der Waals surface area contributed by atoms with E-state index in [-0.39, 0.29) is 11.3 Å². The molecule has 0 saturated carbocycles. The lowest BCUT2D eigenvalue weighted by Gasteiger charge is -2.12. The lowest BCUT2D eigenvalue weighted by molar-refractivity contribution is -0.138. The van der Waals surface area contributed by atoms with Gasteiger partial charge in [0.2, 0.25) is 0 Å². The maximum Gasteiger partial charge on any atom is 0.416 e. The molecule has 1 aromatic heterocycles. The second kappa shape index (κ2) is 7.50. The van der Waals surface area contributed by atoms with Crippen LogP contribution in [-0.2, 0) is 22.4 Å². The van der Waals surface area contributed by atoms with Gasteiger partial charge < -0.3 is 4.74 Å². The molecule has 3 nitrogen and oxygen atoms in total. The number of rotatable bonds is 5. The van der Waals surface area contributed by atoms with Crippen LogP contribution in [0.15, 0.2) is 42.6 Å². The zero-order chi connectivity index (χ0) is 16.9. The van der Waals surface area contributed by atoms with Gasteiger partial charge in [-0.15, -0.1) is 0 Å². The number of esters is 1. The SMILES string of the molecule is COC(=O)c1cccnc1CSCc1ccccc1C(F)(F)F. The van der Waals surface area contributed by atoms with E-state index in [4.69, 9.17) is 0 Å². The molecule has 0 atom stereocenters. The van der Waals surface area contributed by atoms with Crippen molar-refractivity contribution in [2.75, 3.05) is 7.11 Å². The minimum Gasteiger partial charge on any atom is -0.465 e. The third kappa shape index (κ3) is 4.48. The Hall–Kier alpha value is -2.02. The fourth-order valence-corrected chi connectivity index (χ4v) is 3.03. The number of methoxy groups -OCH3 is 1. The smallest absolute Gasteiger partial charge is 0.416 e. The Morgan fingerprint density at radius 1 is 1.17 bits per heavy atom. The number of benzene rings is 1. The molecule has 0 amide bonds. The fraction of sp³-hybridized carbons (Fsp3) is 0.250. The van der Waals surface area contributed by atoms with Gasteiger partial charge >= 0.3 is 12.1 Å². The van der Waals surface area contributed by atoms with E-state index in [0.717, 1.165) is 6.07 Å². The summed E-state index contributed by atoms with van der Waals surface area (Å²) in [7, 11) is 1.27. The van der Waals surface area contributed by atoms with Crippen LogP contribution in [0.3, 0.4) is 0 Å². The van der Waals surface area contributed by atoms with Gasteiger partial charge in [0.15, 0.2) is 0 Å². The molecule has 23 heavy (non-hydrogen) atoms. The molecule has 2 aromatic rings. The standard InChI is InChI=1S/C16H14F3NO2S/c1-22-15(21)12-6-4-8-20-14(12)10-23-9-11-5-2-3-7-13(11)16(17,18)19/h2-8H,9-10H2,1H3. The average molecular weight is 341 g/mol. The lowest BCUT2D eigenvalue weighted by Crippen LogP contribution is -2.09. The zero-order valence-corrected chi connectivity index (χ0v) is 13.1. The highest BCUT2D eigenvalue weighted by Crippen LogP contribution is 2.33. The lowest BCUT2D eigenvalue weighted by atomic mass is 10.1. The van der Waals surface area contributed by atoms with Crippen LogP contribution in [0.25, 0.3) is 0 Å². The molecule has 2 rings (SSSR count). The molecule has 7 heteroatoms. The number of halogens is 3. The first-order valence-electron chi connectivity index (χ1n) is 6.68. The van der Waals surface area contributed by atoms with Gasteiger partial charge in [-0.05, 0) is 23.8 Å². The van der Waals surface area contributed by atoms with Crippen LogP contribution in [0.5, 0.6) is 0 Å². The predicted octanol–water partition coefficient (Wildman–Crippen LogP) is 4.32. The molecule has 1 heterocycles. The summed E-state index contributed by atoms with van der Waals surface area (Å²) in [6, 6.07) is 8.65. The Morgan fingerprint density at radius 3 is 2.61 bits per heavy atom. The number of carbonyl (C=O) groups excluding carboxylic acids is 1. The molecular formula is C16H14F3NO2S. The molecule has 0 radical (unpaired) electrons. The van der Waals surface area contributed by atoms with Crippen molar-refractivity contribution in [3.05, 3.63) is 65.0 Å². The Balaban J connectivity index is 2.09. The van der Waals surface area contributed by atoms with Crippen LogP contribution in [-0.4, -0.2) is 18.1 Å². The molecular weight excluding hydrogens is 327 g/mol. The summed E-state index contributed by atoms with van der Waals surface area (Å²) in [6.07, 6.45) is -2.84. The number of thioether (sulfide) groups is 1. The van der Waals surface area contributed by atoms with Crippen molar-refractivity contribution < 1.29 is 22.7 Å². The van der Waals surface area contributed by atoms with E-state index in [0.29, 0.717) is 17.0 Å². The Bertz CT molecular complexity index is 689. The molecule has 0 spiro atoms. The first-order valence-corrected chi connectivity index (χ1v) is 7.84. The largest absolute Gasteiger partial charge is 0.465 e. The van der Waals surface area contributed by atoms with E-state index < -0.39 is 17.7 Å². The predicted molar refractivity (Wildman–Crippen MR) is 82.0 cm³/mol. The van der Waals surface area contributed by atoms with Crippen molar-refractivity contribution in [1.82, 2.24) is 4.98 Å². The monoisotopic (exact) mass is 341 g/mol.